The molecule has 88 valence electrons. The highest BCUT2D eigenvalue weighted by Crippen LogP contribution is 2.35. The molecule has 0 radical (unpaired) electrons. The lowest BCUT2D eigenvalue weighted by Gasteiger charge is -2.08. The number of nitrogens with one attached hydrogen (secondary N) is 1. The summed E-state index contributed by atoms with van der Waals surface area (Å²) in [6.07, 6.45) is 1.93. The van der Waals surface area contributed by atoms with E-state index in [1.165, 1.54) is 12.1 Å². The summed E-state index contributed by atoms with van der Waals surface area (Å²) >= 11 is 11.6. The number of hydrogen-bond donors (Lipinski definition) is 1. The van der Waals surface area contributed by atoms with E-state index >= 15 is 0 Å². The van der Waals surface area contributed by atoms with Gasteiger partial charge in [0.25, 0.3) is 5.69 Å². The Labute approximate surface area is 104 Å². The Bertz CT molecular complexity index is 397. The molecule has 0 amide bonds. The fraction of sp³-hybridized carbons (Fsp3) is 0.400. The van der Waals surface area contributed by atoms with E-state index < -0.39 is 4.92 Å². The van der Waals surface area contributed by atoms with E-state index in [4.69, 9.17) is 23.2 Å². The second-order valence-corrected chi connectivity index (χ2v) is 4.16. The minimum absolute atomic E-state index is 0.0893. The number of halogens is 2. The summed E-state index contributed by atoms with van der Waals surface area (Å²) in [6.45, 7) is 2.69. The lowest BCUT2D eigenvalue weighted by atomic mass is 10.2. The van der Waals surface area contributed by atoms with Gasteiger partial charge in [0, 0.05) is 17.6 Å². The highest BCUT2D eigenvalue weighted by molar-refractivity contribution is 6.37. The average molecular weight is 263 g/mol. The summed E-state index contributed by atoms with van der Waals surface area (Å²) < 4.78 is 0. The maximum atomic E-state index is 10.8. The second kappa shape index (κ2) is 5.92. The Hall–Kier alpha value is -1.00. The van der Waals surface area contributed by atoms with Crippen molar-refractivity contribution in [2.45, 2.75) is 19.8 Å². The molecule has 0 atom stereocenters. The van der Waals surface area contributed by atoms with Gasteiger partial charge in [0.1, 0.15) is 5.69 Å². The van der Waals surface area contributed by atoms with Gasteiger partial charge in [0.15, 0.2) is 0 Å². The number of nitro benzene ring substituents is 1. The molecule has 0 saturated carbocycles. The van der Waals surface area contributed by atoms with Crippen molar-refractivity contribution in [1.82, 2.24) is 0 Å². The Balaban J connectivity index is 2.99. The fourth-order valence-electron chi connectivity index (χ4n) is 1.27. The van der Waals surface area contributed by atoms with Crippen molar-refractivity contribution in [2.75, 3.05) is 11.9 Å². The second-order valence-electron chi connectivity index (χ2n) is 3.32. The third kappa shape index (κ3) is 3.25. The number of nitrogens with zero attached hydrogens (tertiary/aromatic N) is 1. The Morgan fingerprint density at radius 2 is 2.12 bits per heavy atom. The maximum absolute atomic E-state index is 10.8. The van der Waals surface area contributed by atoms with Gasteiger partial charge in [-0.3, -0.25) is 10.1 Å². The highest BCUT2D eigenvalue weighted by atomic mass is 35.5. The topological polar surface area (TPSA) is 55.2 Å². The number of nitro groups is 1. The molecule has 16 heavy (non-hydrogen) atoms. The Morgan fingerprint density at radius 1 is 1.44 bits per heavy atom. The van der Waals surface area contributed by atoms with Crippen LogP contribution in [0, 0.1) is 10.1 Å². The van der Waals surface area contributed by atoms with Gasteiger partial charge in [-0.15, -0.1) is 0 Å². The van der Waals surface area contributed by atoms with E-state index in [-0.39, 0.29) is 15.7 Å². The summed E-state index contributed by atoms with van der Waals surface area (Å²) in [5, 5.41) is 14.3. The molecule has 0 aromatic heterocycles. The SMILES string of the molecule is CCCCNc1c(Cl)cc(Cl)cc1[N+](=O)[O-]. The molecule has 0 heterocycles. The van der Waals surface area contributed by atoms with Crippen LogP contribution < -0.4 is 5.32 Å². The molecular weight excluding hydrogens is 251 g/mol. The number of hydrogen-bond acceptors (Lipinski definition) is 3. The lowest BCUT2D eigenvalue weighted by molar-refractivity contribution is -0.383. The molecule has 0 aliphatic heterocycles. The zero-order chi connectivity index (χ0) is 12.1. The van der Waals surface area contributed by atoms with Crippen LogP contribution in [0.25, 0.3) is 0 Å². The molecule has 0 aliphatic rings. The molecular formula is C10H12Cl2N2O2. The predicted octanol–water partition coefficient (Wildman–Crippen LogP) is 4.11. The highest BCUT2D eigenvalue weighted by Gasteiger charge is 2.17. The molecule has 6 heteroatoms. The zero-order valence-corrected chi connectivity index (χ0v) is 10.3. The van der Waals surface area contributed by atoms with E-state index in [0.29, 0.717) is 12.2 Å². The van der Waals surface area contributed by atoms with Crippen molar-refractivity contribution >= 4 is 34.6 Å². The van der Waals surface area contributed by atoms with Crippen molar-refractivity contribution in [1.29, 1.82) is 0 Å². The largest absolute Gasteiger partial charge is 0.378 e. The molecule has 0 aliphatic carbocycles. The van der Waals surface area contributed by atoms with Crippen LogP contribution in [0.4, 0.5) is 11.4 Å². The molecule has 1 rings (SSSR count). The van der Waals surface area contributed by atoms with Crippen molar-refractivity contribution in [3.63, 3.8) is 0 Å². The zero-order valence-electron chi connectivity index (χ0n) is 8.80. The smallest absolute Gasteiger partial charge is 0.295 e. The first kappa shape index (κ1) is 13.1. The third-order valence-corrected chi connectivity index (χ3v) is 2.58. The normalized spacial score (nSPS) is 10.2. The van der Waals surface area contributed by atoms with Crippen LogP contribution in [-0.4, -0.2) is 11.5 Å². The number of benzene rings is 1. The van der Waals surface area contributed by atoms with E-state index in [1.807, 2.05) is 6.92 Å². The average Bonchev–Trinajstić information content (AvgIpc) is 2.20. The summed E-state index contributed by atoms with van der Waals surface area (Å²) in [4.78, 5) is 10.3. The standard InChI is InChI=1S/C10H12Cl2N2O2/c1-2-3-4-13-10-8(12)5-7(11)6-9(10)14(15)16/h5-6,13H,2-4H2,1H3. The first-order chi connectivity index (χ1) is 7.56. The Kier molecular flexibility index (Phi) is 4.83. The van der Waals surface area contributed by atoms with Gasteiger partial charge < -0.3 is 5.32 Å². The molecule has 1 N–H and O–H groups in total. The van der Waals surface area contributed by atoms with E-state index in [2.05, 4.69) is 5.32 Å². The van der Waals surface area contributed by atoms with Crippen molar-refractivity contribution < 1.29 is 4.92 Å². The minimum Gasteiger partial charge on any atom is -0.378 e. The molecule has 4 nitrogen and oxygen atoms in total. The van der Waals surface area contributed by atoms with Crippen LogP contribution in [0.2, 0.25) is 10.0 Å². The van der Waals surface area contributed by atoms with Gasteiger partial charge in [-0.05, 0) is 12.5 Å². The molecule has 0 fully saturated rings. The van der Waals surface area contributed by atoms with Crippen LogP contribution in [-0.2, 0) is 0 Å². The summed E-state index contributed by atoms with van der Waals surface area (Å²) in [7, 11) is 0. The molecule has 0 spiro atoms. The van der Waals surface area contributed by atoms with Crippen molar-refractivity contribution in [3.05, 3.63) is 32.3 Å². The van der Waals surface area contributed by atoms with Crippen molar-refractivity contribution in [2.24, 2.45) is 0 Å². The van der Waals surface area contributed by atoms with Crippen LogP contribution >= 0.6 is 23.2 Å². The molecule has 0 saturated heterocycles. The van der Waals surface area contributed by atoms with E-state index in [0.717, 1.165) is 12.8 Å². The number of unbranched alkanes of at least 4 members (excludes halogenated alkanes) is 1. The summed E-state index contributed by atoms with van der Waals surface area (Å²) in [5.41, 5.74) is 0.248. The van der Waals surface area contributed by atoms with Gasteiger partial charge in [-0.25, -0.2) is 0 Å². The van der Waals surface area contributed by atoms with Gasteiger partial charge in [-0.2, -0.15) is 0 Å². The molecule has 0 unspecified atom stereocenters. The lowest BCUT2D eigenvalue weighted by Crippen LogP contribution is -2.04. The number of anilines is 1. The van der Waals surface area contributed by atoms with E-state index in [1.54, 1.807) is 0 Å². The first-order valence-electron chi connectivity index (χ1n) is 4.93. The van der Waals surface area contributed by atoms with Crippen LogP contribution in [0.15, 0.2) is 12.1 Å². The predicted molar refractivity (Wildman–Crippen MR) is 66.5 cm³/mol. The van der Waals surface area contributed by atoms with Crippen LogP contribution in [0.1, 0.15) is 19.8 Å². The van der Waals surface area contributed by atoms with Crippen molar-refractivity contribution in [3.8, 4) is 0 Å². The number of rotatable bonds is 5. The van der Waals surface area contributed by atoms with Crippen LogP contribution in [0.3, 0.4) is 0 Å². The van der Waals surface area contributed by atoms with E-state index in [9.17, 15) is 10.1 Å². The monoisotopic (exact) mass is 262 g/mol. The quantitative estimate of drug-likeness (QED) is 0.494. The third-order valence-electron chi connectivity index (χ3n) is 2.06. The molecule has 1 aromatic rings. The first-order valence-corrected chi connectivity index (χ1v) is 5.69. The Morgan fingerprint density at radius 3 is 2.69 bits per heavy atom. The molecule has 0 bridgehead atoms. The molecule has 1 aromatic carbocycles. The van der Waals surface area contributed by atoms with Gasteiger partial charge >= 0.3 is 0 Å². The van der Waals surface area contributed by atoms with Crippen LogP contribution in [0.5, 0.6) is 0 Å². The summed E-state index contributed by atoms with van der Waals surface area (Å²) in [6, 6.07) is 2.78. The van der Waals surface area contributed by atoms with Gasteiger partial charge in [0.05, 0.1) is 9.95 Å². The van der Waals surface area contributed by atoms with Gasteiger partial charge in [-0.1, -0.05) is 36.5 Å². The fourth-order valence-corrected chi connectivity index (χ4v) is 1.82. The van der Waals surface area contributed by atoms with Gasteiger partial charge in [0.2, 0.25) is 0 Å². The summed E-state index contributed by atoms with van der Waals surface area (Å²) in [5.74, 6) is 0. The maximum Gasteiger partial charge on any atom is 0.295 e. The minimum atomic E-state index is -0.494.